The van der Waals surface area contributed by atoms with E-state index in [0.29, 0.717) is 40.3 Å². The molecule has 0 radical (unpaired) electrons. The number of hydrogen-bond donors (Lipinski definition) is 0. The predicted octanol–water partition coefficient (Wildman–Crippen LogP) is 5.14. The molecule has 1 fully saturated rings. The quantitative estimate of drug-likeness (QED) is 0.287. The Labute approximate surface area is 211 Å². The van der Waals surface area contributed by atoms with Crippen LogP contribution in [0.4, 0.5) is 14.6 Å². The van der Waals surface area contributed by atoms with Crippen LogP contribution in [0.2, 0.25) is 0 Å². The van der Waals surface area contributed by atoms with Crippen LogP contribution in [0.5, 0.6) is 0 Å². The number of nitrogens with zero attached hydrogens (tertiary/aromatic N) is 6. The molecule has 0 N–H and O–H groups in total. The molecule has 37 heavy (non-hydrogen) atoms. The fourth-order valence-corrected chi connectivity index (χ4v) is 4.67. The van der Waals surface area contributed by atoms with Crippen molar-refractivity contribution in [1.29, 1.82) is 0 Å². The van der Waals surface area contributed by atoms with E-state index >= 15 is 0 Å². The molecule has 1 aliphatic rings. The van der Waals surface area contributed by atoms with Gasteiger partial charge in [0, 0.05) is 49.4 Å². The number of aromatic nitrogens is 5. The Kier molecular flexibility index (Phi) is 5.40. The van der Waals surface area contributed by atoms with Crippen molar-refractivity contribution in [3.05, 3.63) is 78.2 Å². The highest BCUT2D eigenvalue weighted by Gasteiger charge is 2.58. The summed E-state index contributed by atoms with van der Waals surface area (Å²) in [5.41, 5.74) is 3.29. The number of carbonyl (C=O) groups is 1. The predicted molar refractivity (Wildman–Crippen MR) is 135 cm³/mol. The maximum atomic E-state index is 14.0. The van der Waals surface area contributed by atoms with Gasteiger partial charge in [0.1, 0.15) is 23.1 Å². The third kappa shape index (κ3) is 3.98. The second-order valence-electron chi connectivity index (χ2n) is 9.16. The Morgan fingerprint density at radius 1 is 1.19 bits per heavy atom. The van der Waals surface area contributed by atoms with E-state index in [9.17, 15) is 13.6 Å². The third-order valence-corrected chi connectivity index (χ3v) is 6.60. The van der Waals surface area contributed by atoms with Crippen molar-refractivity contribution in [1.82, 2.24) is 24.1 Å². The number of carbonyl (C=O) groups excluding carboxylic acids is 1. The Balaban J connectivity index is 1.54. The van der Waals surface area contributed by atoms with Gasteiger partial charge in [0.25, 0.3) is 5.92 Å². The number of rotatable bonds is 7. The van der Waals surface area contributed by atoms with Crippen LogP contribution in [-0.4, -0.2) is 49.7 Å². The van der Waals surface area contributed by atoms with Crippen LogP contribution in [0.15, 0.2) is 67.1 Å². The van der Waals surface area contributed by atoms with Gasteiger partial charge in [-0.05, 0) is 24.6 Å². The lowest BCUT2D eigenvalue weighted by Gasteiger charge is -2.21. The van der Waals surface area contributed by atoms with Crippen LogP contribution in [0.3, 0.4) is 0 Å². The lowest BCUT2D eigenvalue weighted by molar-refractivity contribution is 0.0528. The first kappa shape index (κ1) is 23.1. The van der Waals surface area contributed by atoms with E-state index in [2.05, 4.69) is 10.1 Å². The smallest absolute Gasteiger partial charge is 0.343 e. The van der Waals surface area contributed by atoms with Crippen LogP contribution < -0.4 is 4.90 Å². The molecule has 5 aromatic rings. The molecule has 0 unspecified atom stereocenters. The second-order valence-corrected chi connectivity index (χ2v) is 9.16. The minimum atomic E-state index is -2.76. The summed E-state index contributed by atoms with van der Waals surface area (Å²) in [5, 5.41) is 5.14. The number of hydrogen-bond acceptors (Lipinski definition) is 6. The summed E-state index contributed by atoms with van der Waals surface area (Å²) in [7, 11) is 1.92. The van der Waals surface area contributed by atoms with Gasteiger partial charge < -0.3 is 14.2 Å². The zero-order valence-corrected chi connectivity index (χ0v) is 20.3. The minimum absolute atomic E-state index is 0.214. The summed E-state index contributed by atoms with van der Waals surface area (Å²) >= 11 is 0. The molecule has 0 saturated heterocycles. The van der Waals surface area contributed by atoms with Crippen molar-refractivity contribution < 1.29 is 18.3 Å². The fraction of sp³-hybridized carbons (Fsp3) is 0.259. The zero-order chi connectivity index (χ0) is 25.7. The summed E-state index contributed by atoms with van der Waals surface area (Å²) in [6.07, 6.45) is 4.50. The highest BCUT2D eigenvalue weighted by molar-refractivity contribution is 5.98. The molecular weight excluding hydrogens is 478 g/mol. The van der Waals surface area contributed by atoms with Crippen molar-refractivity contribution >= 4 is 28.5 Å². The molecule has 1 atom stereocenters. The average molecular weight is 503 g/mol. The molecule has 188 valence electrons. The van der Waals surface area contributed by atoms with Gasteiger partial charge in [0.2, 0.25) is 0 Å². The first-order valence-electron chi connectivity index (χ1n) is 12.0. The molecule has 1 aromatic carbocycles. The first-order valence-corrected chi connectivity index (χ1v) is 12.0. The van der Waals surface area contributed by atoms with Gasteiger partial charge in [0.15, 0.2) is 5.65 Å². The number of alkyl halides is 2. The van der Waals surface area contributed by atoms with Gasteiger partial charge in [0.05, 0.1) is 18.5 Å². The second kappa shape index (κ2) is 8.65. The van der Waals surface area contributed by atoms with Gasteiger partial charge in [-0.1, -0.05) is 30.3 Å². The van der Waals surface area contributed by atoms with Crippen molar-refractivity contribution in [2.24, 2.45) is 0 Å². The normalized spacial score (nSPS) is 16.3. The maximum Gasteiger partial charge on any atom is 0.343 e. The van der Waals surface area contributed by atoms with E-state index in [1.54, 1.807) is 29.9 Å². The number of esters is 1. The number of ether oxygens (including phenoxy) is 1. The first-order chi connectivity index (χ1) is 17.9. The SMILES string of the molecule is CCOC(=O)c1cnn2c(N(C)Cc3ccccc3)cc(-c3cn([C@@H]4CC4(F)F)c4ncccc34)nc12. The zero-order valence-electron chi connectivity index (χ0n) is 20.3. The van der Waals surface area contributed by atoms with E-state index in [1.807, 2.05) is 54.4 Å². The summed E-state index contributed by atoms with van der Waals surface area (Å²) in [6, 6.07) is 14.5. The topological polar surface area (TPSA) is 77.5 Å². The van der Waals surface area contributed by atoms with Gasteiger partial charge in [-0.3, -0.25) is 0 Å². The summed E-state index contributed by atoms with van der Waals surface area (Å²) in [4.78, 5) is 23.9. The van der Waals surface area contributed by atoms with Gasteiger partial charge in [-0.25, -0.2) is 23.5 Å². The molecule has 8 nitrogen and oxygen atoms in total. The molecular formula is C27H24F2N6O2. The summed E-state index contributed by atoms with van der Waals surface area (Å²) in [6.45, 7) is 2.52. The molecule has 1 saturated carbocycles. The molecule has 0 bridgehead atoms. The van der Waals surface area contributed by atoms with E-state index in [0.717, 1.165) is 5.56 Å². The lowest BCUT2D eigenvalue weighted by atomic mass is 10.1. The van der Waals surface area contributed by atoms with E-state index < -0.39 is 17.9 Å². The van der Waals surface area contributed by atoms with E-state index in [4.69, 9.17) is 9.72 Å². The van der Waals surface area contributed by atoms with E-state index in [-0.39, 0.29) is 18.6 Å². The molecule has 10 heteroatoms. The van der Waals surface area contributed by atoms with Crippen molar-refractivity contribution in [2.75, 3.05) is 18.6 Å². The van der Waals surface area contributed by atoms with Crippen molar-refractivity contribution in [3.8, 4) is 11.3 Å². The molecule has 0 aliphatic heterocycles. The summed E-state index contributed by atoms with van der Waals surface area (Å²) in [5.74, 6) is -2.61. The Morgan fingerprint density at radius 3 is 2.70 bits per heavy atom. The molecule has 0 amide bonds. The van der Waals surface area contributed by atoms with E-state index in [1.165, 1.54) is 10.8 Å². The standard InChI is InChI=1S/C27H24F2N6O2/c1-3-37-26(36)19-14-31-35-23(33(2)15-17-8-5-4-6-9-17)12-21(32-25(19)35)20-16-34(22-13-27(22,28)29)24-18(20)10-7-11-30-24/h4-12,14,16,22H,3,13,15H2,1-2H3/t22-/m1/s1. The number of fused-ring (bicyclic) bond motifs is 2. The number of benzene rings is 1. The lowest BCUT2D eigenvalue weighted by Crippen LogP contribution is -2.20. The number of halogens is 2. The molecule has 4 heterocycles. The molecule has 1 aliphatic carbocycles. The van der Waals surface area contributed by atoms with Crippen LogP contribution in [0.25, 0.3) is 27.9 Å². The highest BCUT2D eigenvalue weighted by Crippen LogP contribution is 2.54. The minimum Gasteiger partial charge on any atom is -0.462 e. The third-order valence-electron chi connectivity index (χ3n) is 6.60. The Hall–Kier alpha value is -4.34. The number of pyridine rings is 1. The molecule has 6 rings (SSSR count). The largest absolute Gasteiger partial charge is 0.462 e. The van der Waals surface area contributed by atoms with Gasteiger partial charge in [-0.15, -0.1) is 0 Å². The van der Waals surface area contributed by atoms with Crippen LogP contribution in [0.1, 0.15) is 35.3 Å². The van der Waals surface area contributed by atoms with Crippen LogP contribution in [0, 0.1) is 0 Å². The van der Waals surface area contributed by atoms with Crippen LogP contribution in [-0.2, 0) is 11.3 Å². The number of anilines is 1. The molecule has 4 aromatic heterocycles. The maximum absolute atomic E-state index is 14.0. The fourth-order valence-electron chi connectivity index (χ4n) is 4.67. The Bertz CT molecular complexity index is 1630. The monoisotopic (exact) mass is 502 g/mol. The van der Waals surface area contributed by atoms with Gasteiger partial charge >= 0.3 is 5.97 Å². The van der Waals surface area contributed by atoms with Crippen LogP contribution >= 0.6 is 0 Å². The van der Waals surface area contributed by atoms with Gasteiger partial charge in [-0.2, -0.15) is 9.61 Å². The molecule has 0 spiro atoms. The highest BCUT2D eigenvalue weighted by atomic mass is 19.3. The van der Waals surface area contributed by atoms with Crippen molar-refractivity contribution in [3.63, 3.8) is 0 Å². The van der Waals surface area contributed by atoms with Crippen molar-refractivity contribution in [2.45, 2.75) is 31.9 Å². The average Bonchev–Trinajstić information content (AvgIpc) is 3.22. The Morgan fingerprint density at radius 2 is 1.97 bits per heavy atom. The summed E-state index contributed by atoms with van der Waals surface area (Å²) < 4.78 is 36.5.